The number of hydrogen-bond acceptors (Lipinski definition) is 5. The van der Waals surface area contributed by atoms with Crippen molar-refractivity contribution >= 4 is 28.1 Å². The lowest BCUT2D eigenvalue weighted by Crippen LogP contribution is -2.20. The molecule has 2 aliphatic heterocycles. The van der Waals surface area contributed by atoms with Gasteiger partial charge in [-0.05, 0) is 59.7 Å². The van der Waals surface area contributed by atoms with Crippen LogP contribution in [0.2, 0.25) is 0 Å². The van der Waals surface area contributed by atoms with Crippen molar-refractivity contribution in [2.75, 3.05) is 4.90 Å². The Kier molecular flexibility index (Phi) is 5.13. The average Bonchev–Trinajstić information content (AvgIpc) is 3.08. The normalized spacial score (nSPS) is 12.5. The Hall–Kier alpha value is -5.94. The molecule has 43 heavy (non-hydrogen) atoms. The number of nitrogens with zero attached hydrogens (tertiary/aromatic N) is 3. The molecule has 0 atom stereocenters. The van der Waals surface area contributed by atoms with Crippen molar-refractivity contribution in [3.63, 3.8) is 0 Å². The van der Waals surface area contributed by atoms with Crippen molar-refractivity contribution in [3.8, 4) is 56.6 Å². The molecule has 0 spiro atoms. The summed E-state index contributed by atoms with van der Waals surface area (Å²) in [5.74, 6) is 3.15. The van der Waals surface area contributed by atoms with E-state index in [0.29, 0.717) is 0 Å². The van der Waals surface area contributed by atoms with Gasteiger partial charge in [0.15, 0.2) is 23.0 Å². The Labute approximate surface area is 248 Å². The molecule has 202 valence electrons. The maximum Gasteiger partial charge on any atom is 0.155 e. The molecule has 7 aromatic rings. The summed E-state index contributed by atoms with van der Waals surface area (Å²) in [5.41, 5.74) is 10.5. The van der Waals surface area contributed by atoms with Gasteiger partial charge in [-0.15, -0.1) is 0 Å². The molecule has 2 aliphatic rings. The van der Waals surface area contributed by atoms with Gasteiger partial charge in [-0.2, -0.15) is 0 Å². The maximum absolute atomic E-state index is 6.48. The SMILES string of the molecule is c1ccc(-c2nc3ccc(-c4ccc5c(c4)Oc4cccc6c4N5c4ccccc4O6)cc3nc2-c2ccccc2)cc1. The summed E-state index contributed by atoms with van der Waals surface area (Å²) < 4.78 is 12.7. The lowest BCUT2D eigenvalue weighted by Gasteiger charge is -2.37. The number of rotatable bonds is 3. The Morgan fingerprint density at radius 2 is 0.953 bits per heavy atom. The molecule has 1 aromatic heterocycles. The first kappa shape index (κ1) is 23.7. The zero-order chi connectivity index (χ0) is 28.3. The first-order valence-electron chi connectivity index (χ1n) is 14.3. The second-order valence-electron chi connectivity index (χ2n) is 10.6. The van der Waals surface area contributed by atoms with Crippen LogP contribution in [-0.2, 0) is 0 Å². The van der Waals surface area contributed by atoms with Gasteiger partial charge in [0.25, 0.3) is 0 Å². The van der Waals surface area contributed by atoms with Crippen LogP contribution in [0.15, 0.2) is 140 Å². The first-order valence-corrected chi connectivity index (χ1v) is 14.3. The molecule has 0 radical (unpaired) electrons. The van der Waals surface area contributed by atoms with E-state index in [1.165, 1.54) is 0 Å². The highest BCUT2D eigenvalue weighted by molar-refractivity contribution is 5.95. The molecule has 0 N–H and O–H groups in total. The van der Waals surface area contributed by atoms with Crippen molar-refractivity contribution in [1.82, 2.24) is 9.97 Å². The third-order valence-electron chi connectivity index (χ3n) is 8.02. The van der Waals surface area contributed by atoms with Crippen molar-refractivity contribution in [2.24, 2.45) is 0 Å². The minimum absolute atomic E-state index is 0.766. The predicted molar refractivity (Wildman–Crippen MR) is 171 cm³/mol. The fourth-order valence-electron chi connectivity index (χ4n) is 6.01. The van der Waals surface area contributed by atoms with E-state index in [4.69, 9.17) is 19.4 Å². The summed E-state index contributed by atoms with van der Waals surface area (Å²) in [7, 11) is 0. The molecule has 3 heterocycles. The highest BCUT2D eigenvalue weighted by atomic mass is 16.5. The van der Waals surface area contributed by atoms with Gasteiger partial charge in [0.2, 0.25) is 0 Å². The molecule has 0 amide bonds. The summed E-state index contributed by atoms with van der Waals surface area (Å²) in [6.07, 6.45) is 0. The fraction of sp³-hybridized carbons (Fsp3) is 0. The van der Waals surface area contributed by atoms with Crippen LogP contribution in [0, 0.1) is 0 Å². The summed E-state index contributed by atoms with van der Waals surface area (Å²) >= 11 is 0. The van der Waals surface area contributed by atoms with Gasteiger partial charge in [-0.1, -0.05) is 91.0 Å². The molecule has 0 saturated carbocycles. The van der Waals surface area contributed by atoms with Crippen molar-refractivity contribution < 1.29 is 9.47 Å². The van der Waals surface area contributed by atoms with Gasteiger partial charge < -0.3 is 9.47 Å². The van der Waals surface area contributed by atoms with Crippen LogP contribution in [0.25, 0.3) is 44.7 Å². The Morgan fingerprint density at radius 3 is 1.70 bits per heavy atom. The summed E-state index contributed by atoms with van der Waals surface area (Å²) in [4.78, 5) is 12.5. The molecule has 5 nitrogen and oxygen atoms in total. The highest BCUT2D eigenvalue weighted by Gasteiger charge is 2.34. The monoisotopic (exact) mass is 553 g/mol. The molecule has 6 aromatic carbocycles. The third-order valence-corrected chi connectivity index (χ3v) is 8.02. The largest absolute Gasteiger partial charge is 0.453 e. The Balaban J connectivity index is 1.17. The van der Waals surface area contributed by atoms with E-state index in [2.05, 4.69) is 71.6 Å². The van der Waals surface area contributed by atoms with E-state index in [1.807, 2.05) is 72.8 Å². The first-order chi connectivity index (χ1) is 21.3. The van der Waals surface area contributed by atoms with E-state index in [-0.39, 0.29) is 0 Å². The topological polar surface area (TPSA) is 47.5 Å². The number of fused-ring (bicyclic) bond motifs is 5. The van der Waals surface area contributed by atoms with E-state index in [9.17, 15) is 0 Å². The summed E-state index contributed by atoms with van der Waals surface area (Å²) in [5, 5.41) is 0. The van der Waals surface area contributed by atoms with Crippen molar-refractivity contribution in [2.45, 2.75) is 0 Å². The van der Waals surface area contributed by atoms with Gasteiger partial charge in [-0.3, -0.25) is 4.90 Å². The quantitative estimate of drug-likeness (QED) is 0.218. The van der Waals surface area contributed by atoms with E-state index >= 15 is 0 Å². The molecule has 9 rings (SSSR count). The van der Waals surface area contributed by atoms with E-state index in [0.717, 1.165) is 84.7 Å². The van der Waals surface area contributed by atoms with Crippen LogP contribution in [-0.4, -0.2) is 9.97 Å². The van der Waals surface area contributed by atoms with Gasteiger partial charge in [0.1, 0.15) is 5.69 Å². The number of anilines is 3. The van der Waals surface area contributed by atoms with Crippen LogP contribution < -0.4 is 14.4 Å². The van der Waals surface area contributed by atoms with Gasteiger partial charge in [0, 0.05) is 11.1 Å². The summed E-state index contributed by atoms with van der Waals surface area (Å²) in [6.45, 7) is 0. The molecule has 0 fully saturated rings. The smallest absolute Gasteiger partial charge is 0.155 e. The minimum atomic E-state index is 0.766. The molecule has 0 aliphatic carbocycles. The number of aromatic nitrogens is 2. The van der Waals surface area contributed by atoms with E-state index in [1.54, 1.807) is 0 Å². The zero-order valence-electron chi connectivity index (χ0n) is 22.9. The van der Waals surface area contributed by atoms with E-state index < -0.39 is 0 Å². The van der Waals surface area contributed by atoms with Gasteiger partial charge in [-0.25, -0.2) is 9.97 Å². The molecule has 0 unspecified atom stereocenters. The number of benzene rings is 6. The molecule has 0 saturated heterocycles. The lowest BCUT2D eigenvalue weighted by molar-refractivity contribution is 0.446. The fourth-order valence-corrected chi connectivity index (χ4v) is 6.01. The number of ether oxygens (including phenoxy) is 2. The second-order valence-corrected chi connectivity index (χ2v) is 10.6. The van der Waals surface area contributed by atoms with Crippen LogP contribution >= 0.6 is 0 Å². The third kappa shape index (κ3) is 3.79. The highest BCUT2D eigenvalue weighted by Crippen LogP contribution is 2.59. The van der Waals surface area contributed by atoms with Crippen LogP contribution in [0.1, 0.15) is 0 Å². The van der Waals surface area contributed by atoms with Crippen LogP contribution in [0.4, 0.5) is 17.1 Å². The summed E-state index contributed by atoms with van der Waals surface area (Å²) in [6, 6.07) is 47.2. The zero-order valence-corrected chi connectivity index (χ0v) is 22.9. The Bertz CT molecular complexity index is 2200. The van der Waals surface area contributed by atoms with Crippen LogP contribution in [0.3, 0.4) is 0 Å². The predicted octanol–water partition coefficient (Wildman–Crippen LogP) is 10.3. The van der Waals surface area contributed by atoms with Gasteiger partial charge in [0.05, 0.1) is 33.8 Å². The maximum atomic E-state index is 6.48. The van der Waals surface area contributed by atoms with Crippen LogP contribution in [0.5, 0.6) is 23.0 Å². The number of hydrogen-bond donors (Lipinski definition) is 0. The standard InChI is InChI=1S/C38H23N3O2/c1-3-10-24(11-4-1)36-37(25-12-5-2-6-13-25)40-29-22-26(18-20-28(29)39-36)27-19-21-31-35(23-27)43-34-17-9-16-33-38(34)41(31)30-14-7-8-15-32(30)42-33/h1-23H. The van der Waals surface area contributed by atoms with Crippen molar-refractivity contribution in [3.05, 3.63) is 140 Å². The van der Waals surface area contributed by atoms with Gasteiger partial charge >= 0.3 is 0 Å². The van der Waals surface area contributed by atoms with Crippen molar-refractivity contribution in [1.29, 1.82) is 0 Å². The Morgan fingerprint density at radius 1 is 0.395 bits per heavy atom. The lowest BCUT2D eigenvalue weighted by atomic mass is 10.0. The molecular weight excluding hydrogens is 530 g/mol. The number of para-hydroxylation sites is 3. The molecule has 0 bridgehead atoms. The average molecular weight is 554 g/mol. The minimum Gasteiger partial charge on any atom is -0.453 e. The second kappa shape index (κ2) is 9.29. The molecular formula is C38H23N3O2. The molecule has 5 heteroatoms.